The molecular weight excluding hydrogens is 192 g/mol. The molecule has 1 rings (SSSR count). The van der Waals surface area contributed by atoms with Crippen LogP contribution in [0.15, 0.2) is 34.8 Å². The minimum Gasteiger partial charge on any atom is -0.384 e. The Morgan fingerprint density at radius 2 is 2.27 bits per heavy atom. The fourth-order valence-corrected chi connectivity index (χ4v) is 0.839. The number of nitrogens with two attached hydrogens (primary N) is 1. The van der Waals surface area contributed by atoms with Crippen LogP contribution in [0.5, 0.6) is 0 Å². The molecule has 1 aromatic heterocycles. The summed E-state index contributed by atoms with van der Waals surface area (Å²) in [5, 5.41) is 11.4. The zero-order chi connectivity index (χ0) is 11.1. The molecule has 0 fully saturated rings. The first-order valence-corrected chi connectivity index (χ1v) is 4.14. The molecule has 0 radical (unpaired) electrons. The van der Waals surface area contributed by atoms with Crippen molar-refractivity contribution in [3.63, 3.8) is 0 Å². The van der Waals surface area contributed by atoms with E-state index in [1.54, 1.807) is 25.5 Å². The van der Waals surface area contributed by atoms with Crippen molar-refractivity contribution in [2.24, 2.45) is 10.7 Å². The number of hydrogen-bond donors (Lipinski definition) is 2. The van der Waals surface area contributed by atoms with Gasteiger partial charge in [0.1, 0.15) is 17.5 Å². The van der Waals surface area contributed by atoms with E-state index in [2.05, 4.69) is 20.3 Å². The number of nitrogens with one attached hydrogen (secondary N) is 1. The van der Waals surface area contributed by atoms with Gasteiger partial charge in [0.2, 0.25) is 5.95 Å². The number of rotatable bonds is 3. The molecule has 3 N–H and O–H groups in total. The fourth-order valence-electron chi connectivity index (χ4n) is 0.839. The minimum atomic E-state index is 0.175. The van der Waals surface area contributed by atoms with Crippen molar-refractivity contribution in [1.82, 2.24) is 9.97 Å². The van der Waals surface area contributed by atoms with Crippen molar-refractivity contribution < 1.29 is 0 Å². The highest BCUT2D eigenvalue weighted by atomic mass is 15.1. The predicted molar refractivity (Wildman–Crippen MR) is 56.9 cm³/mol. The highest BCUT2D eigenvalue weighted by molar-refractivity contribution is 5.85. The van der Waals surface area contributed by atoms with Crippen molar-refractivity contribution in [3.8, 4) is 6.07 Å². The number of nitrogens with zero attached hydrogens (tertiary/aromatic N) is 4. The van der Waals surface area contributed by atoms with Crippen LogP contribution in [0.25, 0.3) is 0 Å². The highest BCUT2D eigenvalue weighted by Crippen LogP contribution is 2.00. The Balaban J connectivity index is 2.87. The second-order valence-electron chi connectivity index (χ2n) is 2.52. The Bertz CT molecular complexity index is 414. The van der Waals surface area contributed by atoms with Crippen LogP contribution in [-0.4, -0.2) is 23.2 Å². The van der Waals surface area contributed by atoms with Crippen LogP contribution in [0, 0.1) is 11.3 Å². The molecule has 0 atom stereocenters. The van der Waals surface area contributed by atoms with Crippen molar-refractivity contribution >= 4 is 12.2 Å². The summed E-state index contributed by atoms with van der Waals surface area (Å²) in [7, 11) is 1.56. The van der Waals surface area contributed by atoms with Gasteiger partial charge in [0.25, 0.3) is 0 Å². The average Bonchev–Trinajstić information content (AvgIpc) is 2.27. The SMILES string of the molecule is C/N=C\C(C#N)=C(\N)Nc1ncccn1. The molecule has 0 aliphatic carbocycles. The molecule has 76 valence electrons. The summed E-state index contributed by atoms with van der Waals surface area (Å²) in [6.45, 7) is 0. The Labute approximate surface area is 87.2 Å². The predicted octanol–water partition coefficient (Wildman–Crippen LogP) is 0.283. The number of aliphatic imine (C=N–C) groups is 1. The van der Waals surface area contributed by atoms with E-state index in [-0.39, 0.29) is 11.4 Å². The van der Waals surface area contributed by atoms with Gasteiger partial charge in [0.05, 0.1) is 0 Å². The van der Waals surface area contributed by atoms with Crippen LogP contribution in [0.4, 0.5) is 5.95 Å². The lowest BCUT2D eigenvalue weighted by Crippen LogP contribution is -2.14. The molecule has 0 saturated carbocycles. The monoisotopic (exact) mass is 202 g/mol. The molecule has 15 heavy (non-hydrogen) atoms. The number of allylic oxidation sites excluding steroid dienone is 1. The van der Waals surface area contributed by atoms with Crippen LogP contribution < -0.4 is 11.1 Å². The summed E-state index contributed by atoms with van der Waals surface area (Å²) in [4.78, 5) is 11.5. The Morgan fingerprint density at radius 3 is 2.80 bits per heavy atom. The summed E-state index contributed by atoms with van der Waals surface area (Å²) in [5.74, 6) is 0.515. The maximum atomic E-state index is 8.75. The van der Waals surface area contributed by atoms with Crippen LogP contribution >= 0.6 is 0 Å². The quantitative estimate of drug-likeness (QED) is 0.541. The number of anilines is 1. The zero-order valence-electron chi connectivity index (χ0n) is 8.18. The molecular formula is C9H10N6. The molecule has 0 aromatic carbocycles. The van der Waals surface area contributed by atoms with Crippen molar-refractivity contribution in [2.45, 2.75) is 0 Å². The summed E-state index contributed by atoms with van der Waals surface area (Å²) >= 11 is 0. The van der Waals surface area contributed by atoms with Crippen LogP contribution in [0.2, 0.25) is 0 Å². The largest absolute Gasteiger partial charge is 0.384 e. The van der Waals surface area contributed by atoms with Gasteiger partial charge in [-0.05, 0) is 6.07 Å². The van der Waals surface area contributed by atoms with E-state index in [0.29, 0.717) is 5.95 Å². The lowest BCUT2D eigenvalue weighted by molar-refractivity contribution is 1.12. The van der Waals surface area contributed by atoms with E-state index in [4.69, 9.17) is 11.0 Å². The van der Waals surface area contributed by atoms with E-state index >= 15 is 0 Å². The molecule has 6 heteroatoms. The molecule has 0 amide bonds. The fraction of sp³-hybridized carbons (Fsp3) is 0.111. The molecule has 0 saturated heterocycles. The molecule has 6 nitrogen and oxygen atoms in total. The highest BCUT2D eigenvalue weighted by Gasteiger charge is 2.01. The van der Waals surface area contributed by atoms with Gasteiger partial charge in [-0.25, -0.2) is 9.97 Å². The minimum absolute atomic E-state index is 0.175. The topological polar surface area (TPSA) is 100.0 Å². The van der Waals surface area contributed by atoms with Crippen LogP contribution in [-0.2, 0) is 0 Å². The smallest absolute Gasteiger partial charge is 0.228 e. The van der Waals surface area contributed by atoms with Crippen LogP contribution in [0.3, 0.4) is 0 Å². The normalized spacial score (nSPS) is 12.0. The van der Waals surface area contributed by atoms with Gasteiger partial charge in [-0.2, -0.15) is 5.26 Å². The molecule has 0 aliphatic heterocycles. The van der Waals surface area contributed by atoms with Crippen molar-refractivity contribution in [2.75, 3.05) is 12.4 Å². The molecule has 0 bridgehead atoms. The molecule has 0 spiro atoms. The average molecular weight is 202 g/mol. The van der Waals surface area contributed by atoms with Crippen LogP contribution in [0.1, 0.15) is 0 Å². The lowest BCUT2D eigenvalue weighted by atomic mass is 10.3. The van der Waals surface area contributed by atoms with Gasteiger partial charge < -0.3 is 11.1 Å². The summed E-state index contributed by atoms with van der Waals surface area (Å²) < 4.78 is 0. The van der Waals surface area contributed by atoms with E-state index < -0.39 is 0 Å². The summed E-state index contributed by atoms with van der Waals surface area (Å²) in [6, 6.07) is 3.59. The van der Waals surface area contributed by atoms with E-state index in [9.17, 15) is 0 Å². The third kappa shape index (κ3) is 3.08. The maximum absolute atomic E-state index is 8.75. The summed E-state index contributed by atoms with van der Waals surface area (Å²) in [5.41, 5.74) is 5.86. The zero-order valence-corrected chi connectivity index (χ0v) is 8.18. The number of hydrogen-bond acceptors (Lipinski definition) is 6. The first-order chi connectivity index (χ1) is 7.27. The molecule has 1 heterocycles. The Morgan fingerprint density at radius 1 is 1.60 bits per heavy atom. The van der Waals surface area contributed by atoms with Gasteiger partial charge >= 0.3 is 0 Å². The van der Waals surface area contributed by atoms with Gasteiger partial charge in [0.15, 0.2) is 0 Å². The third-order valence-corrected chi connectivity index (χ3v) is 1.48. The molecule has 0 unspecified atom stereocenters. The van der Waals surface area contributed by atoms with E-state index in [0.717, 1.165) is 0 Å². The molecule has 1 aromatic rings. The van der Waals surface area contributed by atoms with Gasteiger partial charge in [-0.3, -0.25) is 4.99 Å². The van der Waals surface area contributed by atoms with Gasteiger partial charge in [0, 0.05) is 25.7 Å². The van der Waals surface area contributed by atoms with Crippen molar-refractivity contribution in [1.29, 1.82) is 5.26 Å². The second kappa shape index (κ2) is 5.34. The Hall–Kier alpha value is -2.42. The summed E-state index contributed by atoms with van der Waals surface area (Å²) in [6.07, 6.45) is 4.51. The van der Waals surface area contributed by atoms with E-state index in [1.165, 1.54) is 6.21 Å². The van der Waals surface area contributed by atoms with Gasteiger partial charge in [-0.1, -0.05) is 0 Å². The third-order valence-electron chi connectivity index (χ3n) is 1.48. The first kappa shape index (κ1) is 10.7. The lowest BCUT2D eigenvalue weighted by Gasteiger charge is -2.03. The molecule has 0 aliphatic rings. The second-order valence-corrected chi connectivity index (χ2v) is 2.52. The number of nitriles is 1. The Kier molecular flexibility index (Phi) is 3.79. The van der Waals surface area contributed by atoms with Crippen molar-refractivity contribution in [3.05, 3.63) is 29.9 Å². The first-order valence-electron chi connectivity index (χ1n) is 4.14. The van der Waals surface area contributed by atoms with Gasteiger partial charge in [-0.15, -0.1) is 0 Å². The maximum Gasteiger partial charge on any atom is 0.228 e. The number of aromatic nitrogens is 2. The standard InChI is InChI=1S/C9H10N6/c1-12-6-7(5-10)8(11)15-9-13-3-2-4-14-9/h2-4,6H,11H2,1H3,(H,13,14,15)/b8-7-,12-6-. The van der Waals surface area contributed by atoms with E-state index in [1.807, 2.05) is 6.07 Å².